The number of aromatic nitrogens is 1. The van der Waals surface area contributed by atoms with Crippen LogP contribution in [-0.4, -0.2) is 29.0 Å². The zero-order valence-electron chi connectivity index (χ0n) is 11.5. The molecule has 0 unspecified atom stereocenters. The molecule has 0 saturated heterocycles. The van der Waals surface area contributed by atoms with E-state index in [4.69, 9.17) is 5.73 Å². The molecule has 1 aliphatic rings. The van der Waals surface area contributed by atoms with Gasteiger partial charge in [-0.05, 0) is 30.8 Å². The number of aryl methyl sites for hydroxylation is 1. The number of halogens is 1. The summed E-state index contributed by atoms with van der Waals surface area (Å²) in [4.78, 5) is 13.3. The van der Waals surface area contributed by atoms with Crippen LogP contribution in [0.15, 0.2) is 18.2 Å². The van der Waals surface area contributed by atoms with E-state index < -0.39 is 0 Å². The lowest BCUT2D eigenvalue weighted by molar-refractivity contribution is -0.118. The zero-order chi connectivity index (χ0) is 14.3. The lowest BCUT2D eigenvalue weighted by atomic mass is 10.0. The van der Waals surface area contributed by atoms with E-state index in [2.05, 4.69) is 16.5 Å². The van der Waals surface area contributed by atoms with E-state index in [1.165, 1.54) is 17.3 Å². The highest BCUT2D eigenvalue weighted by Crippen LogP contribution is 2.31. The van der Waals surface area contributed by atoms with Crippen molar-refractivity contribution < 1.29 is 9.18 Å². The molecule has 2 N–H and O–H groups in total. The monoisotopic (exact) mass is 275 g/mol. The Balaban J connectivity index is 2.15. The van der Waals surface area contributed by atoms with Crippen LogP contribution in [0.25, 0.3) is 10.9 Å². The minimum Gasteiger partial charge on any atom is -0.370 e. The average Bonchev–Trinajstić information content (AvgIpc) is 2.69. The molecular weight excluding hydrogens is 257 g/mol. The summed E-state index contributed by atoms with van der Waals surface area (Å²) in [5, 5.41) is 0.955. The molecule has 0 aliphatic carbocycles. The fourth-order valence-electron chi connectivity index (χ4n) is 3.03. The number of primary amides is 1. The molecule has 2 aromatic rings. The van der Waals surface area contributed by atoms with E-state index in [0.29, 0.717) is 13.0 Å². The molecule has 1 aromatic carbocycles. The maximum Gasteiger partial charge on any atom is 0.219 e. The smallest absolute Gasteiger partial charge is 0.219 e. The van der Waals surface area contributed by atoms with E-state index in [1.54, 1.807) is 12.1 Å². The Hall–Kier alpha value is -1.88. The summed E-state index contributed by atoms with van der Waals surface area (Å²) in [6.07, 6.45) is 1.23. The van der Waals surface area contributed by atoms with Crippen molar-refractivity contribution in [3.8, 4) is 0 Å². The minimum absolute atomic E-state index is 0.222. The van der Waals surface area contributed by atoms with Gasteiger partial charge in [-0.3, -0.25) is 4.79 Å². The first-order valence-electron chi connectivity index (χ1n) is 6.82. The lowest BCUT2D eigenvalue weighted by Gasteiger charge is -2.24. The van der Waals surface area contributed by atoms with Crippen molar-refractivity contribution in [2.75, 3.05) is 13.6 Å². The number of rotatable bonds is 3. The Morgan fingerprint density at radius 1 is 1.45 bits per heavy atom. The summed E-state index contributed by atoms with van der Waals surface area (Å²) in [6, 6.07) is 4.86. The predicted octanol–water partition coefficient (Wildman–Crippen LogP) is 1.64. The standard InChI is InChI=1S/C15H18FN3O/c1-18-6-4-14-12(9-18)11-8-10(16)2-3-13(11)19(14)7-5-15(17)20/h2-3,8H,4-7,9H2,1H3,(H2,17,20). The topological polar surface area (TPSA) is 51.3 Å². The van der Waals surface area contributed by atoms with Crippen molar-refractivity contribution >= 4 is 16.8 Å². The zero-order valence-corrected chi connectivity index (χ0v) is 11.5. The van der Waals surface area contributed by atoms with Crippen LogP contribution >= 0.6 is 0 Å². The van der Waals surface area contributed by atoms with Crippen LogP contribution in [0.2, 0.25) is 0 Å². The Kier molecular flexibility index (Phi) is 3.22. The first kappa shape index (κ1) is 13.1. The summed E-state index contributed by atoms with van der Waals surface area (Å²) in [6.45, 7) is 2.36. The second-order valence-corrected chi connectivity index (χ2v) is 5.44. The third kappa shape index (κ3) is 2.18. The average molecular weight is 275 g/mol. The molecule has 2 heterocycles. The third-order valence-corrected chi connectivity index (χ3v) is 3.99. The van der Waals surface area contributed by atoms with Gasteiger partial charge in [-0.2, -0.15) is 0 Å². The predicted molar refractivity (Wildman–Crippen MR) is 75.7 cm³/mol. The molecule has 1 amide bonds. The molecule has 3 rings (SSSR count). The summed E-state index contributed by atoms with van der Waals surface area (Å²) in [5.74, 6) is -0.531. The number of carbonyl (C=O) groups is 1. The van der Waals surface area contributed by atoms with Gasteiger partial charge in [0, 0.05) is 49.1 Å². The number of carbonyl (C=O) groups excluding carboxylic acids is 1. The molecule has 0 bridgehead atoms. The molecule has 0 fully saturated rings. The summed E-state index contributed by atoms with van der Waals surface area (Å²) >= 11 is 0. The molecule has 0 atom stereocenters. The maximum atomic E-state index is 13.5. The number of nitrogens with two attached hydrogens (primary N) is 1. The second-order valence-electron chi connectivity index (χ2n) is 5.44. The number of nitrogens with zero attached hydrogens (tertiary/aromatic N) is 2. The molecule has 4 nitrogen and oxygen atoms in total. The van der Waals surface area contributed by atoms with Gasteiger partial charge < -0.3 is 15.2 Å². The van der Waals surface area contributed by atoms with Gasteiger partial charge in [0.1, 0.15) is 5.82 Å². The van der Waals surface area contributed by atoms with Crippen molar-refractivity contribution in [2.45, 2.75) is 25.9 Å². The molecule has 1 aliphatic heterocycles. The number of benzene rings is 1. The van der Waals surface area contributed by atoms with Crippen molar-refractivity contribution in [2.24, 2.45) is 5.73 Å². The Morgan fingerprint density at radius 3 is 3.00 bits per heavy atom. The minimum atomic E-state index is -0.310. The Labute approximate surface area is 117 Å². The van der Waals surface area contributed by atoms with Crippen molar-refractivity contribution in [3.05, 3.63) is 35.3 Å². The van der Waals surface area contributed by atoms with Gasteiger partial charge >= 0.3 is 0 Å². The summed E-state index contributed by atoms with van der Waals surface area (Å²) in [7, 11) is 2.06. The SMILES string of the molecule is CN1CCc2c(c3cc(F)ccc3n2CCC(N)=O)C1. The first-order chi connectivity index (χ1) is 9.56. The molecule has 0 radical (unpaired) electrons. The van der Waals surface area contributed by atoms with Crippen LogP contribution in [0, 0.1) is 5.82 Å². The maximum absolute atomic E-state index is 13.5. The lowest BCUT2D eigenvalue weighted by Crippen LogP contribution is -2.27. The molecule has 1 aromatic heterocycles. The number of hydrogen-bond acceptors (Lipinski definition) is 2. The largest absolute Gasteiger partial charge is 0.370 e. The van der Waals surface area contributed by atoms with Gasteiger partial charge in [0.15, 0.2) is 0 Å². The number of likely N-dealkylation sites (N-methyl/N-ethyl adjacent to an activating group) is 1. The first-order valence-corrected chi connectivity index (χ1v) is 6.82. The Bertz CT molecular complexity index is 677. The highest BCUT2D eigenvalue weighted by molar-refractivity contribution is 5.86. The van der Waals surface area contributed by atoms with Crippen molar-refractivity contribution in [3.63, 3.8) is 0 Å². The third-order valence-electron chi connectivity index (χ3n) is 3.99. The van der Waals surface area contributed by atoms with Gasteiger partial charge in [0.25, 0.3) is 0 Å². The van der Waals surface area contributed by atoms with Crippen LogP contribution in [-0.2, 0) is 24.3 Å². The van der Waals surface area contributed by atoms with E-state index in [-0.39, 0.29) is 11.7 Å². The fraction of sp³-hybridized carbons (Fsp3) is 0.400. The number of amides is 1. The summed E-state index contributed by atoms with van der Waals surface area (Å²) in [5.41, 5.74) is 8.64. The molecule has 5 heteroatoms. The Morgan fingerprint density at radius 2 is 2.25 bits per heavy atom. The highest BCUT2D eigenvalue weighted by Gasteiger charge is 2.22. The molecule has 106 valence electrons. The van der Waals surface area contributed by atoms with Crippen LogP contribution < -0.4 is 5.73 Å². The number of fused-ring (bicyclic) bond motifs is 3. The normalized spacial score (nSPS) is 15.5. The second kappa shape index (κ2) is 4.90. The van der Waals surface area contributed by atoms with Gasteiger partial charge in [0.05, 0.1) is 0 Å². The molecular formula is C15H18FN3O. The van der Waals surface area contributed by atoms with E-state index in [9.17, 15) is 9.18 Å². The molecule has 0 saturated carbocycles. The summed E-state index contributed by atoms with van der Waals surface area (Å²) < 4.78 is 15.7. The van der Waals surface area contributed by atoms with Gasteiger partial charge in [0.2, 0.25) is 5.91 Å². The van der Waals surface area contributed by atoms with Crippen molar-refractivity contribution in [1.29, 1.82) is 0 Å². The van der Waals surface area contributed by atoms with Gasteiger partial charge in [-0.25, -0.2) is 4.39 Å². The van der Waals surface area contributed by atoms with E-state index in [1.807, 2.05) is 0 Å². The van der Waals surface area contributed by atoms with Crippen LogP contribution in [0.3, 0.4) is 0 Å². The number of hydrogen-bond donors (Lipinski definition) is 1. The molecule has 0 spiro atoms. The van der Waals surface area contributed by atoms with Crippen LogP contribution in [0.4, 0.5) is 4.39 Å². The molecule has 20 heavy (non-hydrogen) atoms. The van der Waals surface area contributed by atoms with E-state index >= 15 is 0 Å². The van der Waals surface area contributed by atoms with Crippen LogP contribution in [0.5, 0.6) is 0 Å². The van der Waals surface area contributed by atoms with Gasteiger partial charge in [-0.15, -0.1) is 0 Å². The quantitative estimate of drug-likeness (QED) is 0.926. The van der Waals surface area contributed by atoms with E-state index in [0.717, 1.165) is 30.4 Å². The van der Waals surface area contributed by atoms with Gasteiger partial charge in [-0.1, -0.05) is 0 Å². The van der Waals surface area contributed by atoms with Crippen molar-refractivity contribution in [1.82, 2.24) is 9.47 Å². The highest BCUT2D eigenvalue weighted by atomic mass is 19.1. The van der Waals surface area contributed by atoms with Crippen LogP contribution in [0.1, 0.15) is 17.7 Å². The fourth-order valence-corrected chi connectivity index (χ4v) is 3.03.